The van der Waals surface area contributed by atoms with E-state index in [1.807, 2.05) is 24.3 Å². The van der Waals surface area contributed by atoms with Crippen LogP contribution in [-0.4, -0.2) is 10.9 Å². The van der Waals surface area contributed by atoms with E-state index in [4.69, 9.17) is 4.42 Å². The van der Waals surface area contributed by atoms with Gasteiger partial charge in [-0.15, -0.1) is 0 Å². The van der Waals surface area contributed by atoms with Crippen LogP contribution in [0.25, 0.3) is 11.3 Å². The molecule has 1 aromatic heterocycles. The first kappa shape index (κ1) is 13.7. The monoisotopic (exact) mass is 305 g/mol. The summed E-state index contributed by atoms with van der Waals surface area (Å²) in [5.41, 5.74) is 4.74. The van der Waals surface area contributed by atoms with Crippen LogP contribution in [0.3, 0.4) is 0 Å². The van der Waals surface area contributed by atoms with Crippen LogP contribution in [0.5, 0.6) is 0 Å². The topological polar surface area (TPSA) is 67.2 Å². The molecule has 0 saturated carbocycles. The Morgan fingerprint density at radius 1 is 1.13 bits per heavy atom. The van der Waals surface area contributed by atoms with E-state index >= 15 is 0 Å². The SMILES string of the molecule is O=C(Nc1ccc2c(c1)CNC2)c1cccc(-c2cnco2)c1. The van der Waals surface area contributed by atoms with Gasteiger partial charge >= 0.3 is 0 Å². The average molecular weight is 305 g/mol. The summed E-state index contributed by atoms with van der Waals surface area (Å²) >= 11 is 0. The van der Waals surface area contributed by atoms with E-state index in [9.17, 15) is 4.79 Å². The fourth-order valence-electron chi connectivity index (χ4n) is 2.75. The van der Waals surface area contributed by atoms with Gasteiger partial charge in [0.15, 0.2) is 12.2 Å². The third-order valence-corrected chi connectivity index (χ3v) is 3.94. The number of aromatic nitrogens is 1. The molecule has 114 valence electrons. The second kappa shape index (κ2) is 5.70. The zero-order valence-electron chi connectivity index (χ0n) is 12.4. The first-order chi connectivity index (χ1) is 11.3. The van der Waals surface area contributed by atoms with Gasteiger partial charge in [0, 0.05) is 29.9 Å². The zero-order valence-corrected chi connectivity index (χ0v) is 12.4. The van der Waals surface area contributed by atoms with Crippen molar-refractivity contribution < 1.29 is 9.21 Å². The van der Waals surface area contributed by atoms with Crippen LogP contribution in [0.15, 0.2) is 59.5 Å². The number of benzene rings is 2. The molecule has 3 aromatic rings. The highest BCUT2D eigenvalue weighted by Crippen LogP contribution is 2.22. The lowest BCUT2D eigenvalue weighted by Gasteiger charge is -2.08. The molecule has 1 amide bonds. The molecule has 0 saturated heterocycles. The maximum Gasteiger partial charge on any atom is 0.255 e. The first-order valence-electron chi connectivity index (χ1n) is 7.42. The van der Waals surface area contributed by atoms with Gasteiger partial charge in [-0.3, -0.25) is 4.79 Å². The Kier molecular flexibility index (Phi) is 3.40. The number of hydrogen-bond acceptors (Lipinski definition) is 4. The molecule has 0 unspecified atom stereocenters. The Bertz CT molecular complexity index is 856. The molecule has 2 heterocycles. The van der Waals surface area contributed by atoms with Crippen molar-refractivity contribution in [3.05, 3.63) is 71.7 Å². The van der Waals surface area contributed by atoms with Gasteiger partial charge in [-0.1, -0.05) is 18.2 Å². The lowest BCUT2D eigenvalue weighted by molar-refractivity contribution is 0.102. The van der Waals surface area contributed by atoms with Crippen molar-refractivity contribution in [3.8, 4) is 11.3 Å². The summed E-state index contributed by atoms with van der Waals surface area (Å²) in [5, 5.41) is 6.24. The van der Waals surface area contributed by atoms with Gasteiger partial charge in [-0.05, 0) is 35.4 Å². The van der Waals surface area contributed by atoms with Crippen molar-refractivity contribution in [2.45, 2.75) is 13.1 Å². The largest absolute Gasteiger partial charge is 0.444 e. The summed E-state index contributed by atoms with van der Waals surface area (Å²) in [6.07, 6.45) is 3.01. The summed E-state index contributed by atoms with van der Waals surface area (Å²) in [6.45, 7) is 1.74. The minimum Gasteiger partial charge on any atom is -0.444 e. The smallest absolute Gasteiger partial charge is 0.255 e. The summed E-state index contributed by atoms with van der Waals surface area (Å²) in [5.74, 6) is 0.500. The van der Waals surface area contributed by atoms with Gasteiger partial charge in [0.2, 0.25) is 0 Å². The molecular formula is C18H15N3O2. The Balaban J connectivity index is 1.56. The second-order valence-corrected chi connectivity index (χ2v) is 5.49. The van der Waals surface area contributed by atoms with Gasteiger partial charge in [0.25, 0.3) is 5.91 Å². The number of anilines is 1. The van der Waals surface area contributed by atoms with E-state index in [1.165, 1.54) is 17.5 Å². The molecule has 1 aliphatic heterocycles. The second-order valence-electron chi connectivity index (χ2n) is 5.49. The van der Waals surface area contributed by atoms with E-state index in [-0.39, 0.29) is 5.91 Å². The highest BCUT2D eigenvalue weighted by molar-refractivity contribution is 6.04. The molecule has 0 radical (unpaired) electrons. The van der Waals surface area contributed by atoms with Crippen molar-refractivity contribution in [2.75, 3.05) is 5.32 Å². The predicted molar refractivity (Wildman–Crippen MR) is 86.9 cm³/mol. The normalized spacial score (nSPS) is 12.9. The molecule has 0 bridgehead atoms. The first-order valence-corrected chi connectivity index (χ1v) is 7.42. The van der Waals surface area contributed by atoms with Crippen LogP contribution >= 0.6 is 0 Å². The lowest BCUT2D eigenvalue weighted by atomic mass is 10.1. The Labute approximate surface area is 133 Å². The maximum atomic E-state index is 12.5. The van der Waals surface area contributed by atoms with Crippen LogP contribution < -0.4 is 10.6 Å². The fourth-order valence-corrected chi connectivity index (χ4v) is 2.75. The van der Waals surface area contributed by atoms with Crippen LogP contribution in [0.2, 0.25) is 0 Å². The molecule has 0 fully saturated rings. The number of amides is 1. The van der Waals surface area contributed by atoms with E-state index in [2.05, 4.69) is 21.7 Å². The van der Waals surface area contributed by atoms with E-state index in [0.717, 1.165) is 24.3 Å². The van der Waals surface area contributed by atoms with Crippen molar-refractivity contribution in [1.82, 2.24) is 10.3 Å². The molecule has 23 heavy (non-hydrogen) atoms. The molecule has 5 nitrogen and oxygen atoms in total. The minimum atomic E-state index is -0.141. The van der Waals surface area contributed by atoms with Crippen molar-refractivity contribution >= 4 is 11.6 Å². The van der Waals surface area contributed by atoms with Gasteiger partial charge in [-0.25, -0.2) is 4.98 Å². The number of nitrogens with zero attached hydrogens (tertiary/aromatic N) is 1. The molecule has 0 atom stereocenters. The molecule has 2 N–H and O–H groups in total. The molecular weight excluding hydrogens is 290 g/mol. The van der Waals surface area contributed by atoms with Crippen LogP contribution in [-0.2, 0) is 13.1 Å². The van der Waals surface area contributed by atoms with Gasteiger partial charge in [-0.2, -0.15) is 0 Å². The molecule has 2 aromatic carbocycles. The maximum absolute atomic E-state index is 12.5. The Hall–Kier alpha value is -2.92. The van der Waals surface area contributed by atoms with Crippen molar-refractivity contribution in [3.63, 3.8) is 0 Å². The lowest BCUT2D eigenvalue weighted by Crippen LogP contribution is -2.12. The van der Waals surface area contributed by atoms with Crippen LogP contribution in [0.1, 0.15) is 21.5 Å². The fraction of sp³-hybridized carbons (Fsp3) is 0.111. The van der Waals surface area contributed by atoms with Gasteiger partial charge in [0.1, 0.15) is 0 Å². The molecule has 1 aliphatic rings. The number of nitrogens with one attached hydrogen (secondary N) is 2. The summed E-state index contributed by atoms with van der Waals surface area (Å²) < 4.78 is 5.27. The number of hydrogen-bond donors (Lipinski definition) is 2. The summed E-state index contributed by atoms with van der Waals surface area (Å²) in [7, 11) is 0. The van der Waals surface area contributed by atoms with E-state index in [1.54, 1.807) is 18.3 Å². The third-order valence-electron chi connectivity index (χ3n) is 3.94. The van der Waals surface area contributed by atoms with Gasteiger partial charge < -0.3 is 15.1 Å². The highest BCUT2D eigenvalue weighted by atomic mass is 16.3. The average Bonchev–Trinajstić information content (AvgIpc) is 3.26. The zero-order chi connectivity index (χ0) is 15.6. The Morgan fingerprint density at radius 2 is 2.04 bits per heavy atom. The van der Waals surface area contributed by atoms with Gasteiger partial charge in [0.05, 0.1) is 6.20 Å². The molecule has 4 rings (SSSR count). The minimum absolute atomic E-state index is 0.141. The highest BCUT2D eigenvalue weighted by Gasteiger charge is 2.13. The van der Waals surface area contributed by atoms with Crippen molar-refractivity contribution in [1.29, 1.82) is 0 Å². The van der Waals surface area contributed by atoms with Crippen molar-refractivity contribution in [2.24, 2.45) is 0 Å². The molecule has 0 spiro atoms. The molecule has 5 heteroatoms. The summed E-state index contributed by atoms with van der Waals surface area (Å²) in [4.78, 5) is 16.4. The van der Waals surface area contributed by atoms with E-state index in [0.29, 0.717) is 11.3 Å². The third kappa shape index (κ3) is 2.74. The molecule has 0 aliphatic carbocycles. The summed E-state index contributed by atoms with van der Waals surface area (Å²) in [6, 6.07) is 13.3. The number of rotatable bonds is 3. The van der Waals surface area contributed by atoms with Crippen LogP contribution in [0.4, 0.5) is 5.69 Å². The van der Waals surface area contributed by atoms with E-state index < -0.39 is 0 Å². The number of carbonyl (C=O) groups is 1. The predicted octanol–water partition coefficient (Wildman–Crippen LogP) is 3.20. The number of oxazole rings is 1. The number of carbonyl (C=O) groups excluding carboxylic acids is 1. The number of fused-ring (bicyclic) bond motifs is 1. The quantitative estimate of drug-likeness (QED) is 0.780. The standard InChI is InChI=1S/C18H15N3O2/c22-18(21-16-5-4-14-8-19-9-15(14)7-16)13-3-1-2-12(6-13)17-10-20-11-23-17/h1-7,10-11,19H,8-9H2,(H,21,22). The van der Waals surface area contributed by atoms with Crippen LogP contribution in [0, 0.1) is 0 Å². The Morgan fingerprint density at radius 3 is 2.91 bits per heavy atom.